The van der Waals surface area contributed by atoms with Gasteiger partial charge in [-0.15, -0.1) is 12.6 Å². The van der Waals surface area contributed by atoms with Crippen molar-refractivity contribution in [3.63, 3.8) is 0 Å². The highest BCUT2D eigenvalue weighted by molar-refractivity contribution is 7.99. The first-order valence-corrected chi connectivity index (χ1v) is 12.3. The predicted octanol–water partition coefficient (Wildman–Crippen LogP) is 9.50. The van der Waals surface area contributed by atoms with Gasteiger partial charge in [-0.05, 0) is 54.6 Å². The fourth-order valence-corrected chi connectivity index (χ4v) is 5.68. The van der Waals surface area contributed by atoms with Crippen LogP contribution in [0.15, 0.2) is 140 Å². The Hall–Kier alpha value is -3.60. The molecule has 2 nitrogen and oxygen atoms in total. The van der Waals surface area contributed by atoms with Gasteiger partial charge in [0.25, 0.3) is 0 Å². The largest absolute Gasteiger partial charge is 0.456 e. The third-order valence-corrected chi connectivity index (χ3v) is 7.07. The summed E-state index contributed by atoms with van der Waals surface area (Å²) >= 11 is 6.29. The second-order valence-corrected chi connectivity index (χ2v) is 9.65. The van der Waals surface area contributed by atoms with E-state index in [2.05, 4.69) is 102 Å². The molecule has 0 atom stereocenters. The van der Waals surface area contributed by atoms with Crippen LogP contribution < -0.4 is 4.90 Å². The summed E-state index contributed by atoms with van der Waals surface area (Å²) in [4.78, 5) is 5.51. The van der Waals surface area contributed by atoms with Gasteiger partial charge in [-0.1, -0.05) is 72.4 Å². The fourth-order valence-electron chi connectivity index (χ4n) is 4.29. The molecule has 0 radical (unpaired) electrons. The lowest BCUT2D eigenvalue weighted by molar-refractivity contribution is 0.668. The Morgan fingerprint density at radius 2 is 1.26 bits per heavy atom. The molecule has 1 heterocycles. The lowest BCUT2D eigenvalue weighted by atomic mass is 10.1. The molecular formula is C30H21NOS2. The van der Waals surface area contributed by atoms with Gasteiger partial charge >= 0.3 is 0 Å². The number of hydrogen-bond acceptors (Lipinski definition) is 4. The smallest absolute Gasteiger partial charge is 0.138 e. The maximum atomic E-state index is 6.36. The average molecular weight is 476 g/mol. The minimum absolute atomic E-state index is 0.875. The third-order valence-electron chi connectivity index (χ3n) is 5.76. The molecule has 0 N–H and O–H groups in total. The van der Waals surface area contributed by atoms with Crippen LogP contribution in [0, 0.1) is 0 Å². The first-order valence-electron chi connectivity index (χ1n) is 11.1. The molecular weight excluding hydrogens is 454 g/mol. The van der Waals surface area contributed by atoms with Gasteiger partial charge in [0, 0.05) is 42.9 Å². The van der Waals surface area contributed by atoms with Crippen molar-refractivity contribution in [1.82, 2.24) is 0 Å². The molecule has 0 unspecified atom stereocenters. The van der Waals surface area contributed by atoms with Crippen molar-refractivity contribution >= 4 is 63.4 Å². The first kappa shape index (κ1) is 21.0. The molecule has 0 saturated carbocycles. The van der Waals surface area contributed by atoms with E-state index < -0.39 is 0 Å². The molecule has 1 aromatic heterocycles. The van der Waals surface area contributed by atoms with Crippen molar-refractivity contribution in [3.8, 4) is 0 Å². The standard InChI is InChI=1S/C30H21NOS2/c33-24-14-9-15-25(20-24)34-29-19-23(18-28-30(29)26-16-7-8-17-27(26)32-28)31(21-10-3-1-4-11-21)22-12-5-2-6-13-22/h1-20,33H. The molecule has 0 amide bonds. The van der Waals surface area contributed by atoms with Crippen LogP contribution >= 0.6 is 24.4 Å². The number of furan rings is 1. The molecule has 6 rings (SSSR count). The van der Waals surface area contributed by atoms with Crippen LogP contribution in [0.5, 0.6) is 0 Å². The van der Waals surface area contributed by atoms with E-state index in [1.807, 2.05) is 36.4 Å². The normalized spacial score (nSPS) is 11.2. The van der Waals surface area contributed by atoms with Gasteiger partial charge in [0.15, 0.2) is 0 Å². The zero-order chi connectivity index (χ0) is 22.9. The van der Waals surface area contributed by atoms with E-state index in [-0.39, 0.29) is 0 Å². The monoisotopic (exact) mass is 475 g/mol. The molecule has 4 heteroatoms. The number of fused-ring (bicyclic) bond motifs is 3. The molecule has 0 saturated heterocycles. The number of anilines is 3. The van der Waals surface area contributed by atoms with E-state index in [1.54, 1.807) is 11.8 Å². The van der Waals surface area contributed by atoms with Gasteiger partial charge in [-0.3, -0.25) is 0 Å². The summed E-state index contributed by atoms with van der Waals surface area (Å²) in [5.41, 5.74) is 5.01. The van der Waals surface area contributed by atoms with Crippen molar-refractivity contribution in [2.45, 2.75) is 14.7 Å². The van der Waals surface area contributed by atoms with Gasteiger partial charge in [0.2, 0.25) is 0 Å². The van der Waals surface area contributed by atoms with Gasteiger partial charge in [-0.2, -0.15) is 0 Å². The Morgan fingerprint density at radius 1 is 0.588 bits per heavy atom. The fraction of sp³-hybridized carbons (Fsp3) is 0. The highest BCUT2D eigenvalue weighted by Gasteiger charge is 2.19. The summed E-state index contributed by atoms with van der Waals surface area (Å²) in [7, 11) is 0. The molecule has 6 aromatic rings. The van der Waals surface area contributed by atoms with Gasteiger partial charge < -0.3 is 9.32 Å². The van der Waals surface area contributed by atoms with Crippen LogP contribution in [0.4, 0.5) is 17.1 Å². The quantitative estimate of drug-likeness (QED) is 0.250. The summed E-state index contributed by atoms with van der Waals surface area (Å²) < 4.78 is 6.36. The molecule has 0 spiro atoms. The highest BCUT2D eigenvalue weighted by atomic mass is 32.2. The van der Waals surface area contributed by atoms with Crippen molar-refractivity contribution in [3.05, 3.63) is 121 Å². The van der Waals surface area contributed by atoms with E-state index in [1.165, 1.54) is 0 Å². The van der Waals surface area contributed by atoms with E-state index in [9.17, 15) is 0 Å². The van der Waals surface area contributed by atoms with E-state index in [0.717, 1.165) is 53.7 Å². The number of benzene rings is 5. The lowest BCUT2D eigenvalue weighted by Gasteiger charge is -2.26. The molecule has 0 bridgehead atoms. The zero-order valence-electron chi connectivity index (χ0n) is 18.3. The number of nitrogens with zero attached hydrogens (tertiary/aromatic N) is 1. The summed E-state index contributed by atoms with van der Waals surface area (Å²) in [6.45, 7) is 0. The number of para-hydroxylation sites is 3. The Morgan fingerprint density at radius 3 is 1.97 bits per heavy atom. The predicted molar refractivity (Wildman–Crippen MR) is 146 cm³/mol. The van der Waals surface area contributed by atoms with Crippen LogP contribution in [-0.2, 0) is 0 Å². The molecule has 0 aliphatic heterocycles. The third kappa shape index (κ3) is 3.96. The van der Waals surface area contributed by atoms with Gasteiger partial charge in [0.1, 0.15) is 11.2 Å². The minimum Gasteiger partial charge on any atom is -0.456 e. The number of rotatable bonds is 5. The Bertz CT molecular complexity index is 1550. The summed E-state index contributed by atoms with van der Waals surface area (Å²) in [5.74, 6) is 0. The molecule has 164 valence electrons. The molecule has 5 aromatic carbocycles. The molecule has 0 aliphatic rings. The highest BCUT2D eigenvalue weighted by Crippen LogP contribution is 2.44. The van der Waals surface area contributed by atoms with Crippen molar-refractivity contribution in [1.29, 1.82) is 0 Å². The van der Waals surface area contributed by atoms with E-state index >= 15 is 0 Å². The van der Waals surface area contributed by atoms with E-state index in [0.29, 0.717) is 0 Å². The zero-order valence-corrected chi connectivity index (χ0v) is 20.0. The number of hydrogen-bond donors (Lipinski definition) is 1. The second-order valence-electron chi connectivity index (χ2n) is 8.02. The first-order chi connectivity index (χ1) is 16.8. The van der Waals surface area contributed by atoms with Crippen molar-refractivity contribution < 1.29 is 4.42 Å². The van der Waals surface area contributed by atoms with Gasteiger partial charge in [-0.25, -0.2) is 0 Å². The Kier molecular flexibility index (Phi) is 5.54. The van der Waals surface area contributed by atoms with Crippen LogP contribution in [0.1, 0.15) is 0 Å². The van der Waals surface area contributed by atoms with Crippen molar-refractivity contribution in [2.75, 3.05) is 4.90 Å². The maximum absolute atomic E-state index is 6.36. The van der Waals surface area contributed by atoms with Gasteiger partial charge in [0.05, 0.1) is 5.69 Å². The van der Waals surface area contributed by atoms with Crippen LogP contribution in [0.2, 0.25) is 0 Å². The van der Waals surface area contributed by atoms with Crippen LogP contribution in [-0.4, -0.2) is 0 Å². The summed E-state index contributed by atoms with van der Waals surface area (Å²) in [6, 6.07) is 41.8. The average Bonchev–Trinajstić information content (AvgIpc) is 3.24. The SMILES string of the molecule is Sc1cccc(Sc2cc(N(c3ccccc3)c3ccccc3)cc3oc4ccccc4c23)c1. The molecule has 0 fully saturated rings. The lowest BCUT2D eigenvalue weighted by Crippen LogP contribution is -2.09. The van der Waals surface area contributed by atoms with Crippen LogP contribution in [0.3, 0.4) is 0 Å². The maximum Gasteiger partial charge on any atom is 0.138 e. The van der Waals surface area contributed by atoms with Crippen LogP contribution in [0.25, 0.3) is 21.9 Å². The summed E-state index contributed by atoms with van der Waals surface area (Å²) in [6.07, 6.45) is 0. The Labute approximate surface area is 208 Å². The Balaban J connectivity index is 1.61. The van der Waals surface area contributed by atoms with E-state index in [4.69, 9.17) is 4.42 Å². The molecule has 0 aliphatic carbocycles. The summed E-state index contributed by atoms with van der Waals surface area (Å²) in [5, 5.41) is 2.26. The van der Waals surface area contributed by atoms with Crippen molar-refractivity contribution in [2.24, 2.45) is 0 Å². The topological polar surface area (TPSA) is 16.4 Å². The number of thiol groups is 1. The minimum atomic E-state index is 0.875. The molecule has 34 heavy (non-hydrogen) atoms. The second kappa shape index (κ2) is 8.98.